The quantitative estimate of drug-likeness (QED) is 0.626. The van der Waals surface area contributed by atoms with E-state index in [0.29, 0.717) is 25.9 Å². The van der Waals surface area contributed by atoms with Crippen molar-refractivity contribution in [1.29, 1.82) is 0 Å². The summed E-state index contributed by atoms with van der Waals surface area (Å²) in [6.07, 6.45) is 2.49. The molecule has 11 heteroatoms. The maximum atomic E-state index is 13.6. The molecule has 1 fully saturated rings. The van der Waals surface area contributed by atoms with Crippen molar-refractivity contribution >= 4 is 27.6 Å². The molecule has 9 nitrogen and oxygen atoms in total. The number of hydrogen-bond acceptors (Lipinski definition) is 8. The van der Waals surface area contributed by atoms with Crippen molar-refractivity contribution in [2.24, 2.45) is 0 Å². The lowest BCUT2D eigenvalue weighted by atomic mass is 10.0. The zero-order valence-electron chi connectivity index (χ0n) is 16.8. The minimum Gasteiger partial charge on any atom is -0.496 e. The summed E-state index contributed by atoms with van der Waals surface area (Å²) >= 11 is 0. The highest BCUT2D eigenvalue weighted by atomic mass is 32.2. The van der Waals surface area contributed by atoms with Gasteiger partial charge in [0.2, 0.25) is 21.8 Å². The van der Waals surface area contributed by atoms with Crippen LogP contribution in [0.2, 0.25) is 0 Å². The molecule has 1 aromatic heterocycles. The van der Waals surface area contributed by atoms with E-state index in [-0.39, 0.29) is 40.4 Å². The molecule has 1 aromatic carbocycles. The van der Waals surface area contributed by atoms with E-state index in [4.69, 9.17) is 10.5 Å². The molecule has 0 saturated carbocycles. The van der Waals surface area contributed by atoms with Crippen molar-refractivity contribution in [2.75, 3.05) is 37.0 Å². The lowest BCUT2D eigenvalue weighted by molar-refractivity contribution is 0.103. The van der Waals surface area contributed by atoms with E-state index < -0.39 is 21.6 Å². The average Bonchev–Trinajstić information content (AvgIpc) is 2.74. The van der Waals surface area contributed by atoms with Crippen LogP contribution in [0, 0.1) is 5.82 Å². The van der Waals surface area contributed by atoms with Gasteiger partial charge in [-0.2, -0.15) is 4.98 Å². The number of carbonyl (C=O) groups excluding carboxylic acids is 1. The molecule has 0 spiro atoms. The predicted octanol–water partition coefficient (Wildman–Crippen LogP) is 1.66. The van der Waals surface area contributed by atoms with E-state index in [1.165, 1.54) is 29.7 Å². The van der Waals surface area contributed by atoms with Gasteiger partial charge < -0.3 is 15.8 Å². The van der Waals surface area contributed by atoms with Crippen molar-refractivity contribution in [3.63, 3.8) is 0 Å². The van der Waals surface area contributed by atoms with Gasteiger partial charge in [-0.15, -0.1) is 0 Å². The highest BCUT2D eigenvalue weighted by Crippen LogP contribution is 2.25. The first-order chi connectivity index (χ1) is 14.2. The van der Waals surface area contributed by atoms with Crippen LogP contribution in [-0.2, 0) is 10.0 Å². The van der Waals surface area contributed by atoms with Gasteiger partial charge >= 0.3 is 0 Å². The minimum atomic E-state index is -3.19. The van der Waals surface area contributed by atoms with Crippen LogP contribution in [0.4, 0.5) is 16.2 Å². The fourth-order valence-corrected chi connectivity index (χ4v) is 4.42. The molecule has 0 amide bonds. The smallest absolute Gasteiger partial charge is 0.224 e. The van der Waals surface area contributed by atoms with Crippen molar-refractivity contribution in [2.45, 2.75) is 25.8 Å². The van der Waals surface area contributed by atoms with Gasteiger partial charge in [-0.05, 0) is 38.0 Å². The number of nitrogen functional groups attached to an aromatic ring is 1. The third kappa shape index (κ3) is 4.68. The Balaban J connectivity index is 1.71. The second-order valence-electron chi connectivity index (χ2n) is 6.88. The second-order valence-corrected chi connectivity index (χ2v) is 9.14. The Labute approximate surface area is 174 Å². The van der Waals surface area contributed by atoms with Crippen LogP contribution in [0.1, 0.15) is 35.7 Å². The van der Waals surface area contributed by atoms with Crippen molar-refractivity contribution < 1.29 is 22.3 Å². The zero-order valence-corrected chi connectivity index (χ0v) is 17.6. The Kier molecular flexibility index (Phi) is 6.52. The number of rotatable bonds is 7. The summed E-state index contributed by atoms with van der Waals surface area (Å²) in [7, 11) is -1.81. The zero-order chi connectivity index (χ0) is 21.9. The van der Waals surface area contributed by atoms with Gasteiger partial charge in [-0.25, -0.2) is 22.1 Å². The number of carbonyl (C=O) groups is 1. The predicted molar refractivity (Wildman–Crippen MR) is 111 cm³/mol. The topological polar surface area (TPSA) is 128 Å². The van der Waals surface area contributed by atoms with E-state index in [1.54, 1.807) is 6.92 Å². The molecular formula is C19H24FN5O4S. The van der Waals surface area contributed by atoms with Crippen LogP contribution < -0.4 is 15.8 Å². The van der Waals surface area contributed by atoms with Gasteiger partial charge in [0.05, 0.1) is 24.0 Å². The molecule has 0 atom stereocenters. The van der Waals surface area contributed by atoms with E-state index in [2.05, 4.69) is 15.3 Å². The number of ether oxygens (including phenoxy) is 1. The molecule has 0 aliphatic carbocycles. The molecule has 0 bridgehead atoms. The number of benzene rings is 1. The number of ketones is 1. The SMILES string of the molecule is CCS(=O)(=O)N1CCC(Nc2ncc(C(=O)c3cc(F)ccc3OC)c(N)n2)CC1. The third-order valence-electron chi connectivity index (χ3n) is 5.01. The Bertz CT molecular complexity index is 1040. The standard InChI is InChI=1S/C19H24FN5O4S/c1-3-30(27,28)25-8-6-13(7-9-25)23-19-22-11-15(18(21)24-19)17(26)14-10-12(20)4-5-16(14)29-2/h4-5,10-11,13H,3,6-9H2,1-2H3,(H3,21,22,23,24). The molecular weight excluding hydrogens is 413 g/mol. The maximum absolute atomic E-state index is 13.6. The van der Waals surface area contributed by atoms with Crippen LogP contribution >= 0.6 is 0 Å². The Morgan fingerprint density at radius 2 is 2.03 bits per heavy atom. The fraction of sp³-hybridized carbons (Fsp3) is 0.421. The van der Waals surface area contributed by atoms with Crippen molar-refractivity contribution in [3.8, 4) is 5.75 Å². The first-order valence-corrected chi connectivity index (χ1v) is 11.1. The van der Waals surface area contributed by atoms with Crippen LogP contribution in [0.25, 0.3) is 0 Å². The van der Waals surface area contributed by atoms with Gasteiger partial charge in [-0.1, -0.05) is 0 Å². The van der Waals surface area contributed by atoms with E-state index in [9.17, 15) is 17.6 Å². The van der Waals surface area contributed by atoms with Gasteiger partial charge in [0.25, 0.3) is 0 Å². The number of piperidine rings is 1. The number of methoxy groups -OCH3 is 1. The number of halogens is 1. The largest absolute Gasteiger partial charge is 0.496 e. The van der Waals surface area contributed by atoms with Crippen LogP contribution in [0.15, 0.2) is 24.4 Å². The van der Waals surface area contributed by atoms with E-state index >= 15 is 0 Å². The number of hydrogen-bond donors (Lipinski definition) is 2. The fourth-order valence-electron chi connectivity index (χ4n) is 3.29. The average molecular weight is 437 g/mol. The Morgan fingerprint density at radius 3 is 2.63 bits per heavy atom. The normalized spacial score (nSPS) is 15.7. The molecule has 1 aliphatic heterocycles. The summed E-state index contributed by atoms with van der Waals surface area (Å²) < 4.78 is 44.1. The highest BCUT2D eigenvalue weighted by Gasteiger charge is 2.27. The molecule has 1 aliphatic rings. The number of nitrogens with one attached hydrogen (secondary N) is 1. The molecule has 0 unspecified atom stereocenters. The second kappa shape index (κ2) is 8.92. The first-order valence-electron chi connectivity index (χ1n) is 9.50. The van der Waals surface area contributed by atoms with Gasteiger partial charge in [0, 0.05) is 25.3 Å². The van der Waals surface area contributed by atoms with Gasteiger partial charge in [0.15, 0.2) is 0 Å². The molecule has 0 radical (unpaired) electrons. The van der Waals surface area contributed by atoms with E-state index in [0.717, 1.165) is 6.07 Å². The van der Waals surface area contributed by atoms with Crippen molar-refractivity contribution in [3.05, 3.63) is 41.3 Å². The van der Waals surface area contributed by atoms with Crippen LogP contribution in [0.5, 0.6) is 5.75 Å². The summed E-state index contributed by atoms with van der Waals surface area (Å²) in [4.78, 5) is 21.1. The molecule has 2 heterocycles. The molecule has 3 N–H and O–H groups in total. The first kappa shape index (κ1) is 21.9. The molecule has 2 aromatic rings. The summed E-state index contributed by atoms with van der Waals surface area (Å²) in [5, 5.41) is 3.13. The van der Waals surface area contributed by atoms with Crippen molar-refractivity contribution in [1.82, 2.24) is 14.3 Å². The number of nitrogens with two attached hydrogens (primary N) is 1. The lowest BCUT2D eigenvalue weighted by Crippen LogP contribution is -2.43. The number of anilines is 2. The summed E-state index contributed by atoms with van der Waals surface area (Å²) in [5.41, 5.74) is 6.02. The number of sulfonamides is 1. The molecule has 3 rings (SSSR count). The van der Waals surface area contributed by atoms with Crippen LogP contribution in [0.3, 0.4) is 0 Å². The summed E-state index contributed by atoms with van der Waals surface area (Å²) in [6.45, 7) is 2.46. The summed E-state index contributed by atoms with van der Waals surface area (Å²) in [6, 6.07) is 3.61. The minimum absolute atomic E-state index is 0.0161. The molecule has 1 saturated heterocycles. The number of aromatic nitrogens is 2. The lowest BCUT2D eigenvalue weighted by Gasteiger charge is -2.31. The Hall–Kier alpha value is -2.79. The van der Waals surface area contributed by atoms with Gasteiger partial charge in [-0.3, -0.25) is 4.79 Å². The van der Waals surface area contributed by atoms with Crippen LogP contribution in [-0.4, -0.2) is 60.5 Å². The maximum Gasteiger partial charge on any atom is 0.224 e. The summed E-state index contributed by atoms with van der Waals surface area (Å²) in [5.74, 6) is -0.628. The number of nitrogens with zero attached hydrogens (tertiary/aromatic N) is 3. The van der Waals surface area contributed by atoms with E-state index in [1.807, 2.05) is 0 Å². The van der Waals surface area contributed by atoms with Gasteiger partial charge in [0.1, 0.15) is 17.4 Å². The monoisotopic (exact) mass is 437 g/mol. The third-order valence-corrected chi connectivity index (χ3v) is 6.90. The molecule has 162 valence electrons. The Morgan fingerprint density at radius 1 is 1.33 bits per heavy atom. The molecule has 30 heavy (non-hydrogen) atoms. The highest BCUT2D eigenvalue weighted by molar-refractivity contribution is 7.89.